The smallest absolute Gasteiger partial charge is 0.322 e. The summed E-state index contributed by atoms with van der Waals surface area (Å²) in [7, 11) is 0. The van der Waals surface area contributed by atoms with E-state index in [1.807, 2.05) is 30.0 Å². The number of aryl methyl sites for hydroxylation is 1. The normalized spacial score (nSPS) is 19.6. The molecule has 36 heavy (non-hydrogen) atoms. The van der Waals surface area contributed by atoms with Crippen LogP contribution in [0.5, 0.6) is 17.2 Å². The number of anilines is 1. The quantitative estimate of drug-likeness (QED) is 0.588. The third-order valence-electron chi connectivity index (χ3n) is 7.53. The zero-order valence-corrected chi connectivity index (χ0v) is 20.7. The zero-order valence-electron chi connectivity index (χ0n) is 20.7. The lowest BCUT2D eigenvalue weighted by molar-refractivity contribution is 0.0787. The zero-order chi connectivity index (χ0) is 24.8. The molecule has 0 spiro atoms. The van der Waals surface area contributed by atoms with Crippen molar-refractivity contribution in [2.45, 2.75) is 45.6 Å². The van der Waals surface area contributed by atoms with Gasteiger partial charge in [-0.25, -0.2) is 9.31 Å². The Morgan fingerprint density at radius 1 is 1.17 bits per heavy atom. The Morgan fingerprint density at radius 3 is 2.78 bits per heavy atom. The molecular weight excluding hydrogens is 458 g/mol. The molecule has 6 rings (SSSR count). The minimum absolute atomic E-state index is 0.0377. The molecule has 188 valence electrons. The molecule has 1 aromatic carbocycles. The van der Waals surface area contributed by atoms with Crippen LogP contribution < -0.4 is 19.7 Å². The van der Waals surface area contributed by atoms with Gasteiger partial charge in [0.2, 0.25) is 0 Å². The fourth-order valence-electron chi connectivity index (χ4n) is 5.22. The number of urea groups is 1. The van der Waals surface area contributed by atoms with E-state index in [0.717, 1.165) is 49.1 Å². The van der Waals surface area contributed by atoms with Gasteiger partial charge in [-0.05, 0) is 56.2 Å². The standard InChI is InChI=1S/C27H31N5O4/c1-17-9-11-30(15-17)26(33)21-16-32-25(18(21)2)23(8-10-28-32)36-20-6-7-22-24(14-20)35-13-12-31(22)27(34)29-19-4-3-5-19/h6-8,10,14,16-17,19H,3-5,9,11-13,15H2,1-2H3,(H,29,34). The van der Waals surface area contributed by atoms with Gasteiger partial charge in [-0.1, -0.05) is 6.92 Å². The number of hydrogen-bond acceptors (Lipinski definition) is 5. The first-order valence-electron chi connectivity index (χ1n) is 12.8. The molecule has 2 fully saturated rings. The number of nitrogens with one attached hydrogen (secondary N) is 1. The number of carbonyl (C=O) groups excluding carboxylic acids is 2. The first-order chi connectivity index (χ1) is 17.5. The van der Waals surface area contributed by atoms with Crippen LogP contribution in [0.2, 0.25) is 0 Å². The topological polar surface area (TPSA) is 88.4 Å². The Kier molecular flexibility index (Phi) is 5.70. The van der Waals surface area contributed by atoms with E-state index in [0.29, 0.717) is 41.9 Å². The Morgan fingerprint density at radius 2 is 2.03 bits per heavy atom. The Balaban J connectivity index is 1.26. The lowest BCUT2D eigenvalue weighted by atomic mass is 9.93. The molecule has 3 amide bonds. The lowest BCUT2D eigenvalue weighted by Gasteiger charge is -2.33. The number of likely N-dealkylation sites (tertiary alicyclic amines) is 1. The number of amides is 3. The highest BCUT2D eigenvalue weighted by Crippen LogP contribution is 2.38. The van der Waals surface area contributed by atoms with Gasteiger partial charge in [-0.2, -0.15) is 5.10 Å². The number of hydrogen-bond donors (Lipinski definition) is 1. The van der Waals surface area contributed by atoms with Crippen molar-refractivity contribution in [3.63, 3.8) is 0 Å². The maximum absolute atomic E-state index is 13.2. The van der Waals surface area contributed by atoms with E-state index in [1.165, 1.54) is 6.42 Å². The Hall–Kier alpha value is -3.75. The first-order valence-corrected chi connectivity index (χ1v) is 12.8. The number of ether oxygens (including phenoxy) is 2. The van der Waals surface area contributed by atoms with Crippen molar-refractivity contribution in [1.82, 2.24) is 19.8 Å². The molecule has 1 unspecified atom stereocenters. The van der Waals surface area contributed by atoms with Crippen molar-refractivity contribution in [1.29, 1.82) is 0 Å². The molecule has 9 nitrogen and oxygen atoms in total. The molecule has 1 saturated carbocycles. The second-order valence-electron chi connectivity index (χ2n) is 10.1. The van der Waals surface area contributed by atoms with Crippen LogP contribution in [0.4, 0.5) is 10.5 Å². The molecule has 3 aliphatic rings. The van der Waals surface area contributed by atoms with Gasteiger partial charge < -0.3 is 19.7 Å². The van der Waals surface area contributed by atoms with E-state index in [2.05, 4.69) is 17.3 Å². The molecule has 0 radical (unpaired) electrons. The second kappa shape index (κ2) is 9.04. The van der Waals surface area contributed by atoms with E-state index < -0.39 is 0 Å². The Labute approximate surface area is 210 Å². The van der Waals surface area contributed by atoms with Crippen molar-refractivity contribution in [2.75, 3.05) is 31.1 Å². The van der Waals surface area contributed by atoms with Crippen LogP contribution in [0.3, 0.4) is 0 Å². The predicted octanol–water partition coefficient (Wildman–Crippen LogP) is 4.38. The first kappa shape index (κ1) is 22.7. The van der Waals surface area contributed by atoms with Gasteiger partial charge in [0.1, 0.15) is 23.6 Å². The average molecular weight is 490 g/mol. The minimum Gasteiger partial charge on any atom is -0.489 e. The summed E-state index contributed by atoms with van der Waals surface area (Å²) in [5, 5.41) is 7.52. The van der Waals surface area contributed by atoms with Gasteiger partial charge in [0.15, 0.2) is 5.75 Å². The number of carbonyl (C=O) groups is 2. The van der Waals surface area contributed by atoms with Gasteiger partial charge >= 0.3 is 6.03 Å². The van der Waals surface area contributed by atoms with Crippen molar-refractivity contribution in [2.24, 2.45) is 5.92 Å². The highest BCUT2D eigenvalue weighted by Gasteiger charge is 2.29. The largest absolute Gasteiger partial charge is 0.489 e. The summed E-state index contributed by atoms with van der Waals surface area (Å²) in [6, 6.07) is 7.50. The molecule has 1 N–H and O–H groups in total. The van der Waals surface area contributed by atoms with E-state index >= 15 is 0 Å². The molecule has 0 bridgehead atoms. The van der Waals surface area contributed by atoms with Crippen LogP contribution in [0.1, 0.15) is 48.5 Å². The SMILES string of the molecule is Cc1c(C(=O)N2CCC(C)C2)cn2nccc(Oc3ccc4c(c3)OCCN4C(=O)NC3CCC3)c12. The Bertz CT molecular complexity index is 1330. The molecule has 4 heterocycles. The van der Waals surface area contributed by atoms with Crippen LogP contribution >= 0.6 is 0 Å². The molecule has 9 heteroatoms. The number of aromatic nitrogens is 2. The minimum atomic E-state index is -0.0813. The number of fused-ring (bicyclic) bond motifs is 2. The van der Waals surface area contributed by atoms with Crippen molar-refractivity contribution < 1.29 is 19.1 Å². The van der Waals surface area contributed by atoms with Gasteiger partial charge in [0, 0.05) is 37.5 Å². The van der Waals surface area contributed by atoms with Crippen LogP contribution in [0.25, 0.3) is 5.52 Å². The number of nitrogens with zero attached hydrogens (tertiary/aromatic N) is 4. The van der Waals surface area contributed by atoms with Gasteiger partial charge in [0.25, 0.3) is 5.91 Å². The molecule has 1 saturated heterocycles. The maximum Gasteiger partial charge on any atom is 0.322 e. The third kappa shape index (κ3) is 4.02. The van der Waals surface area contributed by atoms with E-state index in [4.69, 9.17) is 9.47 Å². The molecule has 3 aromatic rings. The van der Waals surface area contributed by atoms with Gasteiger partial charge in [0.05, 0.1) is 24.0 Å². The molecular formula is C27H31N5O4. The fraction of sp³-hybridized carbons (Fsp3) is 0.444. The maximum atomic E-state index is 13.2. The highest BCUT2D eigenvalue weighted by atomic mass is 16.5. The lowest BCUT2D eigenvalue weighted by Crippen LogP contribution is -2.49. The molecule has 1 atom stereocenters. The van der Waals surface area contributed by atoms with Crippen molar-refractivity contribution in [3.05, 3.63) is 47.8 Å². The summed E-state index contributed by atoms with van der Waals surface area (Å²) in [6.07, 6.45) is 7.74. The molecule has 2 aromatic heterocycles. The average Bonchev–Trinajstić information content (AvgIpc) is 3.44. The van der Waals surface area contributed by atoms with Gasteiger partial charge in [-0.15, -0.1) is 0 Å². The van der Waals surface area contributed by atoms with Crippen LogP contribution in [-0.4, -0.2) is 58.7 Å². The van der Waals surface area contributed by atoms with E-state index in [9.17, 15) is 9.59 Å². The summed E-state index contributed by atoms with van der Waals surface area (Å²) >= 11 is 0. The van der Waals surface area contributed by atoms with E-state index in [-0.39, 0.29) is 18.0 Å². The summed E-state index contributed by atoms with van der Waals surface area (Å²) in [5.41, 5.74) is 2.98. The number of rotatable bonds is 4. The number of benzene rings is 1. The van der Waals surface area contributed by atoms with Crippen LogP contribution in [-0.2, 0) is 0 Å². The van der Waals surface area contributed by atoms with E-state index in [1.54, 1.807) is 27.9 Å². The monoisotopic (exact) mass is 489 g/mol. The third-order valence-corrected chi connectivity index (χ3v) is 7.53. The summed E-state index contributed by atoms with van der Waals surface area (Å²) in [6.45, 7) is 6.61. The van der Waals surface area contributed by atoms with Gasteiger partial charge in [-0.3, -0.25) is 9.69 Å². The molecule has 1 aliphatic carbocycles. The van der Waals surface area contributed by atoms with Crippen LogP contribution in [0.15, 0.2) is 36.7 Å². The summed E-state index contributed by atoms with van der Waals surface area (Å²) < 4.78 is 13.9. The summed E-state index contributed by atoms with van der Waals surface area (Å²) in [5.74, 6) is 2.36. The van der Waals surface area contributed by atoms with Crippen LogP contribution in [0, 0.1) is 12.8 Å². The van der Waals surface area contributed by atoms with Crippen molar-refractivity contribution in [3.8, 4) is 17.2 Å². The highest BCUT2D eigenvalue weighted by molar-refractivity contribution is 5.98. The predicted molar refractivity (Wildman–Crippen MR) is 135 cm³/mol. The second-order valence-corrected chi connectivity index (χ2v) is 10.1. The summed E-state index contributed by atoms with van der Waals surface area (Å²) in [4.78, 5) is 29.6. The fourth-order valence-corrected chi connectivity index (χ4v) is 5.22. The molecule has 2 aliphatic heterocycles. The van der Waals surface area contributed by atoms with Crippen molar-refractivity contribution >= 4 is 23.1 Å².